The van der Waals surface area contributed by atoms with Crippen molar-refractivity contribution >= 4 is 35.0 Å². The predicted octanol–water partition coefficient (Wildman–Crippen LogP) is 6.34. The average molecular weight is 438 g/mol. The molecular formula is C20H18Cl2FN3OS. The molecule has 0 aliphatic rings. The highest BCUT2D eigenvalue weighted by atomic mass is 35.5. The van der Waals surface area contributed by atoms with E-state index in [-0.39, 0.29) is 5.82 Å². The van der Waals surface area contributed by atoms with Crippen molar-refractivity contribution in [2.24, 2.45) is 0 Å². The van der Waals surface area contributed by atoms with Gasteiger partial charge in [0.2, 0.25) is 0 Å². The van der Waals surface area contributed by atoms with E-state index >= 15 is 0 Å². The molecule has 146 valence electrons. The zero-order valence-corrected chi connectivity index (χ0v) is 17.4. The van der Waals surface area contributed by atoms with Crippen LogP contribution in [0, 0.1) is 5.82 Å². The maximum absolute atomic E-state index is 13.4. The fourth-order valence-electron chi connectivity index (χ4n) is 2.59. The van der Waals surface area contributed by atoms with Gasteiger partial charge >= 0.3 is 0 Å². The van der Waals surface area contributed by atoms with Crippen LogP contribution in [0.3, 0.4) is 0 Å². The molecule has 0 radical (unpaired) electrons. The van der Waals surface area contributed by atoms with Crippen molar-refractivity contribution in [3.8, 4) is 5.75 Å². The molecule has 1 heterocycles. The zero-order chi connectivity index (χ0) is 20.1. The van der Waals surface area contributed by atoms with Crippen LogP contribution in [-0.4, -0.2) is 14.8 Å². The highest BCUT2D eigenvalue weighted by Gasteiger charge is 2.20. The number of hydrogen-bond acceptors (Lipinski definition) is 4. The molecule has 28 heavy (non-hydrogen) atoms. The van der Waals surface area contributed by atoms with E-state index in [1.54, 1.807) is 30.3 Å². The lowest BCUT2D eigenvalue weighted by atomic mass is 10.2. The van der Waals surface area contributed by atoms with Crippen molar-refractivity contribution in [2.75, 3.05) is 0 Å². The summed E-state index contributed by atoms with van der Waals surface area (Å²) < 4.78 is 21.3. The van der Waals surface area contributed by atoms with Gasteiger partial charge in [0.25, 0.3) is 0 Å². The fraction of sp³-hybridized carbons (Fsp3) is 0.200. The lowest BCUT2D eigenvalue weighted by Gasteiger charge is -2.16. The summed E-state index contributed by atoms with van der Waals surface area (Å²) in [5.74, 6) is 1.43. The van der Waals surface area contributed by atoms with Gasteiger partial charge in [-0.1, -0.05) is 53.2 Å². The summed E-state index contributed by atoms with van der Waals surface area (Å²) in [6.07, 6.45) is 1.35. The Morgan fingerprint density at radius 2 is 2.07 bits per heavy atom. The molecule has 3 aromatic rings. The number of halogens is 3. The van der Waals surface area contributed by atoms with Gasteiger partial charge in [-0.3, -0.25) is 4.57 Å². The van der Waals surface area contributed by atoms with Gasteiger partial charge in [0.15, 0.2) is 17.1 Å². The molecule has 0 spiro atoms. The molecule has 1 aromatic heterocycles. The lowest BCUT2D eigenvalue weighted by Crippen LogP contribution is -2.12. The topological polar surface area (TPSA) is 39.9 Å². The van der Waals surface area contributed by atoms with E-state index in [0.717, 1.165) is 5.56 Å². The Labute approximate surface area is 177 Å². The van der Waals surface area contributed by atoms with Crippen molar-refractivity contribution in [2.45, 2.75) is 30.5 Å². The van der Waals surface area contributed by atoms with E-state index in [9.17, 15) is 4.39 Å². The molecule has 1 atom stereocenters. The van der Waals surface area contributed by atoms with Crippen LogP contribution in [0.4, 0.5) is 4.39 Å². The summed E-state index contributed by atoms with van der Waals surface area (Å²) in [5.41, 5.74) is 0.870. The second-order valence-corrected chi connectivity index (χ2v) is 7.78. The zero-order valence-electron chi connectivity index (χ0n) is 15.1. The highest BCUT2D eigenvalue weighted by molar-refractivity contribution is 7.98. The molecule has 0 bridgehead atoms. The number of nitrogens with zero attached hydrogens (tertiary/aromatic N) is 3. The van der Waals surface area contributed by atoms with Crippen LogP contribution in [0.5, 0.6) is 5.75 Å². The quantitative estimate of drug-likeness (QED) is 0.304. The number of allylic oxidation sites excluding steroid dienone is 1. The van der Waals surface area contributed by atoms with Crippen LogP contribution >= 0.6 is 35.0 Å². The number of benzene rings is 2. The van der Waals surface area contributed by atoms with Gasteiger partial charge < -0.3 is 4.74 Å². The van der Waals surface area contributed by atoms with Crippen LogP contribution < -0.4 is 4.74 Å². The molecule has 0 saturated carbocycles. The third-order valence-corrected chi connectivity index (χ3v) is 5.46. The number of thioether (sulfide) groups is 1. The van der Waals surface area contributed by atoms with Crippen LogP contribution in [0.1, 0.15) is 24.4 Å². The van der Waals surface area contributed by atoms with Crippen molar-refractivity contribution in [1.29, 1.82) is 0 Å². The first-order valence-corrected chi connectivity index (χ1v) is 10.2. The Bertz CT molecular complexity index is 980. The van der Waals surface area contributed by atoms with Crippen LogP contribution in [0.15, 0.2) is 60.3 Å². The Morgan fingerprint density at radius 3 is 2.82 bits per heavy atom. The second-order valence-electron chi connectivity index (χ2n) is 5.99. The van der Waals surface area contributed by atoms with Gasteiger partial charge in [-0.05, 0) is 36.8 Å². The molecule has 4 nitrogen and oxygen atoms in total. The number of rotatable bonds is 8. The average Bonchev–Trinajstić information content (AvgIpc) is 3.06. The monoisotopic (exact) mass is 437 g/mol. The Hall–Kier alpha value is -2.02. The number of aromatic nitrogens is 3. The van der Waals surface area contributed by atoms with E-state index in [1.807, 2.05) is 17.6 Å². The fourth-order valence-corrected chi connectivity index (χ4v) is 3.82. The van der Waals surface area contributed by atoms with Gasteiger partial charge in [0.05, 0.1) is 5.02 Å². The molecular weight excluding hydrogens is 420 g/mol. The van der Waals surface area contributed by atoms with E-state index in [4.69, 9.17) is 27.9 Å². The molecule has 0 aliphatic carbocycles. The van der Waals surface area contributed by atoms with Crippen molar-refractivity contribution in [3.63, 3.8) is 0 Å². The predicted molar refractivity (Wildman–Crippen MR) is 112 cm³/mol. The van der Waals surface area contributed by atoms with Crippen LogP contribution in [0.25, 0.3) is 0 Å². The summed E-state index contributed by atoms with van der Waals surface area (Å²) in [6.45, 7) is 6.18. The van der Waals surface area contributed by atoms with E-state index in [0.29, 0.717) is 39.1 Å². The largest absolute Gasteiger partial charge is 0.481 e. The number of hydrogen-bond donors (Lipinski definition) is 0. The van der Waals surface area contributed by atoms with Crippen molar-refractivity contribution < 1.29 is 9.13 Å². The standard InChI is InChI=1S/C20H18Cl2FN3OS/c1-3-9-26-19(13(2)27-18-11-15(21)7-8-17(18)22)24-25-20(26)28-12-14-5-4-6-16(23)10-14/h3-8,10-11,13H,1,9,12H2,2H3. The summed E-state index contributed by atoms with van der Waals surface area (Å²) >= 11 is 13.7. The first-order chi connectivity index (χ1) is 13.5. The van der Waals surface area contributed by atoms with E-state index in [1.165, 1.54) is 23.9 Å². The third kappa shape index (κ3) is 5.07. The maximum Gasteiger partial charge on any atom is 0.191 e. The first kappa shape index (κ1) is 20.7. The molecule has 2 aromatic carbocycles. The Balaban J connectivity index is 1.79. The minimum atomic E-state index is -0.410. The van der Waals surface area contributed by atoms with E-state index < -0.39 is 6.10 Å². The summed E-state index contributed by atoms with van der Waals surface area (Å²) in [6, 6.07) is 11.5. The summed E-state index contributed by atoms with van der Waals surface area (Å²) in [7, 11) is 0. The molecule has 3 rings (SSSR count). The Kier molecular flexibility index (Phi) is 6.99. The van der Waals surface area contributed by atoms with Gasteiger partial charge in [0, 0.05) is 23.4 Å². The summed E-state index contributed by atoms with van der Waals surface area (Å²) in [5, 5.41) is 10.3. The van der Waals surface area contributed by atoms with Gasteiger partial charge in [-0.25, -0.2) is 4.39 Å². The highest BCUT2D eigenvalue weighted by Crippen LogP contribution is 2.32. The molecule has 0 fully saturated rings. The summed E-state index contributed by atoms with van der Waals surface area (Å²) in [4.78, 5) is 0. The first-order valence-electron chi connectivity index (χ1n) is 8.51. The minimum absolute atomic E-state index is 0.258. The molecule has 1 unspecified atom stereocenters. The van der Waals surface area contributed by atoms with Gasteiger partial charge in [-0.15, -0.1) is 16.8 Å². The molecule has 8 heteroatoms. The minimum Gasteiger partial charge on any atom is -0.481 e. The Morgan fingerprint density at radius 1 is 1.25 bits per heavy atom. The van der Waals surface area contributed by atoms with Crippen LogP contribution in [0.2, 0.25) is 10.0 Å². The van der Waals surface area contributed by atoms with Crippen molar-refractivity contribution in [1.82, 2.24) is 14.8 Å². The maximum atomic E-state index is 13.4. The van der Waals surface area contributed by atoms with E-state index in [2.05, 4.69) is 16.8 Å². The van der Waals surface area contributed by atoms with Crippen molar-refractivity contribution in [3.05, 3.63) is 82.4 Å². The molecule has 0 N–H and O–H groups in total. The smallest absolute Gasteiger partial charge is 0.191 e. The van der Waals surface area contributed by atoms with Gasteiger partial charge in [-0.2, -0.15) is 0 Å². The second kappa shape index (κ2) is 9.45. The molecule has 0 aliphatic heterocycles. The van der Waals surface area contributed by atoms with Crippen LogP contribution in [-0.2, 0) is 12.3 Å². The molecule has 0 saturated heterocycles. The molecule has 0 amide bonds. The SMILES string of the molecule is C=CCn1c(SCc2cccc(F)c2)nnc1C(C)Oc1cc(Cl)ccc1Cl. The lowest BCUT2D eigenvalue weighted by molar-refractivity contribution is 0.210. The number of ether oxygens (including phenoxy) is 1. The van der Waals surface area contributed by atoms with Gasteiger partial charge in [0.1, 0.15) is 11.6 Å². The third-order valence-electron chi connectivity index (χ3n) is 3.87. The normalized spacial score (nSPS) is 12.0.